The van der Waals surface area contributed by atoms with E-state index in [4.69, 9.17) is 5.11 Å². The molecule has 0 heterocycles. The summed E-state index contributed by atoms with van der Waals surface area (Å²) in [5, 5.41) is 18.5. The predicted octanol–water partition coefficient (Wildman–Crippen LogP) is 4.06. The molecule has 0 fully saturated rings. The molecule has 0 amide bonds. The van der Waals surface area contributed by atoms with Gasteiger partial charge in [-0.15, -0.1) is 0 Å². The number of carboxylic acid groups (broad SMARTS) is 1. The molecule has 0 saturated carbocycles. The fourth-order valence-electron chi connectivity index (χ4n) is 2.81. The minimum Gasteiger partial charge on any atom is -0.481 e. The molecule has 0 bridgehead atoms. The summed E-state index contributed by atoms with van der Waals surface area (Å²) < 4.78 is 0. The summed E-state index contributed by atoms with van der Waals surface area (Å²) in [6.45, 7) is 2.14. The van der Waals surface area contributed by atoms with E-state index in [1.54, 1.807) is 6.08 Å². The van der Waals surface area contributed by atoms with Crippen LogP contribution in [-0.2, 0) is 9.59 Å². The number of allylic oxidation sites excluding steroid dienone is 5. The summed E-state index contributed by atoms with van der Waals surface area (Å²) >= 11 is 0. The Kier molecular flexibility index (Phi) is 10.0. The third kappa shape index (κ3) is 8.25. The van der Waals surface area contributed by atoms with Crippen LogP contribution in [0.2, 0.25) is 0 Å². The molecule has 1 rings (SSSR count). The molecule has 0 aliphatic heterocycles. The lowest BCUT2D eigenvalue weighted by Crippen LogP contribution is -2.14. The highest BCUT2D eigenvalue weighted by atomic mass is 16.4. The molecule has 0 spiro atoms. The van der Waals surface area contributed by atoms with Crippen molar-refractivity contribution in [3.63, 3.8) is 0 Å². The van der Waals surface area contributed by atoms with Crippen molar-refractivity contribution in [2.24, 2.45) is 11.8 Å². The smallest absolute Gasteiger partial charge is 0.303 e. The second-order valence-corrected chi connectivity index (χ2v) is 6.39. The molecule has 0 unspecified atom stereocenters. The number of aliphatic carboxylic acids is 1. The maximum absolute atomic E-state index is 12.0. The molecule has 0 aromatic carbocycles. The van der Waals surface area contributed by atoms with Crippen molar-refractivity contribution in [3.05, 3.63) is 36.5 Å². The van der Waals surface area contributed by atoms with E-state index in [1.165, 1.54) is 0 Å². The third-order valence-corrected chi connectivity index (χ3v) is 4.29. The number of carbonyl (C=O) groups is 2. The van der Waals surface area contributed by atoms with E-state index in [0.717, 1.165) is 32.1 Å². The number of ketones is 1. The number of hydrogen-bond acceptors (Lipinski definition) is 3. The normalized spacial score (nSPS) is 22.0. The SMILES string of the molecule is CCCCC[C@H](O)/C=C\[C@H]1C=CC(=O)[C@@H]1C/C=C\CCCC(=O)O. The van der Waals surface area contributed by atoms with E-state index >= 15 is 0 Å². The zero-order valence-electron chi connectivity index (χ0n) is 14.6. The van der Waals surface area contributed by atoms with Crippen LogP contribution in [0.1, 0.15) is 58.3 Å². The van der Waals surface area contributed by atoms with Crippen molar-refractivity contribution in [1.82, 2.24) is 0 Å². The molecule has 1 aliphatic carbocycles. The summed E-state index contributed by atoms with van der Waals surface area (Å²) in [4.78, 5) is 22.4. The van der Waals surface area contributed by atoms with Crippen molar-refractivity contribution in [2.75, 3.05) is 0 Å². The van der Waals surface area contributed by atoms with Gasteiger partial charge in [0.1, 0.15) is 0 Å². The Hall–Kier alpha value is -1.68. The van der Waals surface area contributed by atoms with Crippen molar-refractivity contribution in [2.45, 2.75) is 64.4 Å². The first kappa shape index (κ1) is 20.4. The van der Waals surface area contributed by atoms with Gasteiger partial charge in [-0.05, 0) is 31.8 Å². The Morgan fingerprint density at radius 2 is 2.08 bits per heavy atom. The van der Waals surface area contributed by atoms with E-state index < -0.39 is 12.1 Å². The van der Waals surface area contributed by atoms with Crippen LogP contribution in [0, 0.1) is 11.8 Å². The first-order valence-electron chi connectivity index (χ1n) is 8.99. The van der Waals surface area contributed by atoms with Gasteiger partial charge in [0.2, 0.25) is 0 Å². The first-order valence-corrected chi connectivity index (χ1v) is 8.99. The van der Waals surface area contributed by atoms with Crippen LogP contribution in [0.4, 0.5) is 0 Å². The van der Waals surface area contributed by atoms with Gasteiger partial charge in [0.05, 0.1) is 6.10 Å². The molecular formula is C20H30O4. The molecular weight excluding hydrogens is 304 g/mol. The van der Waals surface area contributed by atoms with Gasteiger partial charge in [-0.2, -0.15) is 0 Å². The van der Waals surface area contributed by atoms with Crippen LogP contribution in [0.25, 0.3) is 0 Å². The van der Waals surface area contributed by atoms with E-state index in [9.17, 15) is 14.7 Å². The summed E-state index contributed by atoms with van der Waals surface area (Å²) in [5.74, 6) is -0.705. The number of carboxylic acids is 1. The number of aliphatic hydroxyl groups is 1. The average Bonchev–Trinajstić information content (AvgIpc) is 2.89. The summed E-state index contributed by atoms with van der Waals surface area (Å²) in [6.07, 6.45) is 17.0. The van der Waals surface area contributed by atoms with Crippen LogP contribution in [0.15, 0.2) is 36.5 Å². The van der Waals surface area contributed by atoms with Gasteiger partial charge in [0.25, 0.3) is 0 Å². The minimum absolute atomic E-state index is 0.0435. The predicted molar refractivity (Wildman–Crippen MR) is 95.7 cm³/mol. The second kappa shape index (κ2) is 11.8. The van der Waals surface area contributed by atoms with Gasteiger partial charge in [-0.25, -0.2) is 0 Å². The number of unbranched alkanes of at least 4 members (excludes halogenated alkanes) is 3. The lowest BCUT2D eigenvalue weighted by molar-refractivity contribution is -0.137. The summed E-state index contributed by atoms with van der Waals surface area (Å²) in [5.41, 5.74) is 0. The highest BCUT2D eigenvalue weighted by molar-refractivity contribution is 5.95. The van der Waals surface area contributed by atoms with Crippen molar-refractivity contribution in [3.8, 4) is 0 Å². The molecule has 4 heteroatoms. The topological polar surface area (TPSA) is 74.6 Å². The Labute approximate surface area is 145 Å². The monoisotopic (exact) mass is 334 g/mol. The second-order valence-electron chi connectivity index (χ2n) is 6.39. The largest absolute Gasteiger partial charge is 0.481 e. The van der Waals surface area contributed by atoms with Gasteiger partial charge in [-0.1, -0.05) is 56.6 Å². The van der Waals surface area contributed by atoms with E-state index in [2.05, 4.69) is 6.92 Å². The molecule has 1 aliphatic rings. The molecule has 2 N–H and O–H groups in total. The number of rotatable bonds is 12. The molecule has 0 radical (unpaired) electrons. The molecule has 134 valence electrons. The van der Waals surface area contributed by atoms with Gasteiger partial charge in [0.15, 0.2) is 5.78 Å². The molecule has 0 aromatic heterocycles. The Morgan fingerprint density at radius 1 is 1.29 bits per heavy atom. The summed E-state index contributed by atoms with van der Waals surface area (Å²) in [7, 11) is 0. The summed E-state index contributed by atoms with van der Waals surface area (Å²) in [6, 6.07) is 0. The molecule has 3 atom stereocenters. The van der Waals surface area contributed by atoms with Crippen LogP contribution in [-0.4, -0.2) is 28.1 Å². The minimum atomic E-state index is -0.777. The van der Waals surface area contributed by atoms with Gasteiger partial charge in [0, 0.05) is 18.3 Å². The molecule has 0 aromatic rings. The molecule has 0 saturated heterocycles. The third-order valence-electron chi connectivity index (χ3n) is 4.29. The molecule has 24 heavy (non-hydrogen) atoms. The quantitative estimate of drug-likeness (QED) is 0.417. The van der Waals surface area contributed by atoms with Crippen molar-refractivity contribution >= 4 is 11.8 Å². The lowest BCUT2D eigenvalue weighted by atomic mass is 9.90. The van der Waals surface area contributed by atoms with Crippen LogP contribution >= 0.6 is 0 Å². The maximum Gasteiger partial charge on any atom is 0.303 e. The van der Waals surface area contributed by atoms with Gasteiger partial charge < -0.3 is 10.2 Å². The van der Waals surface area contributed by atoms with Crippen LogP contribution in [0.3, 0.4) is 0 Å². The maximum atomic E-state index is 12.0. The van der Waals surface area contributed by atoms with Crippen molar-refractivity contribution in [1.29, 1.82) is 0 Å². The van der Waals surface area contributed by atoms with Crippen LogP contribution in [0.5, 0.6) is 0 Å². The average molecular weight is 334 g/mol. The first-order chi connectivity index (χ1) is 11.5. The zero-order chi connectivity index (χ0) is 17.8. The van der Waals surface area contributed by atoms with Crippen LogP contribution < -0.4 is 0 Å². The Balaban J connectivity index is 2.38. The highest BCUT2D eigenvalue weighted by Crippen LogP contribution is 2.27. The van der Waals surface area contributed by atoms with E-state index in [1.807, 2.05) is 30.4 Å². The fraction of sp³-hybridized carbons (Fsp3) is 0.600. The van der Waals surface area contributed by atoms with Gasteiger partial charge >= 0.3 is 5.97 Å². The van der Waals surface area contributed by atoms with E-state index in [0.29, 0.717) is 12.8 Å². The number of aliphatic hydroxyl groups excluding tert-OH is 1. The molecule has 4 nitrogen and oxygen atoms in total. The van der Waals surface area contributed by atoms with Gasteiger partial charge in [-0.3, -0.25) is 9.59 Å². The van der Waals surface area contributed by atoms with Crippen molar-refractivity contribution < 1.29 is 19.8 Å². The Bertz CT molecular complexity index is 476. The lowest BCUT2D eigenvalue weighted by Gasteiger charge is -2.13. The fourth-order valence-corrected chi connectivity index (χ4v) is 2.81. The van der Waals surface area contributed by atoms with E-state index in [-0.39, 0.29) is 24.0 Å². The number of carbonyl (C=O) groups excluding carboxylic acids is 1. The Morgan fingerprint density at radius 3 is 2.79 bits per heavy atom. The zero-order valence-corrected chi connectivity index (χ0v) is 14.6. The standard InChI is InChI=1S/C20H30O4/c1-2-3-6-9-17(21)14-12-16-13-15-19(22)18(16)10-7-4-5-8-11-20(23)24/h4,7,12-18,21H,2-3,5-6,8-11H2,1H3,(H,23,24)/b7-4-,14-12-/t16-,17-,18+/m0/s1. The highest BCUT2D eigenvalue weighted by Gasteiger charge is 2.27. The number of hydrogen-bond donors (Lipinski definition) is 2.